The molecular weight excluding hydrogens is 308 g/mol. The molecule has 1 amide bonds. The molecule has 0 bridgehead atoms. The fourth-order valence-electron chi connectivity index (χ4n) is 1.71. The molecule has 0 fully saturated rings. The molecule has 3 aromatic rings. The number of fused-ring (bicyclic) bond motifs is 1. The fraction of sp³-hybridized carbons (Fsp3) is 0. The molecule has 0 aliphatic heterocycles. The molecule has 0 aliphatic rings. The zero-order chi connectivity index (χ0) is 13.2. The highest BCUT2D eigenvalue weighted by atomic mass is 79.9. The molecule has 3 rings (SSSR count). The van der Waals surface area contributed by atoms with Gasteiger partial charge in [-0.25, -0.2) is 0 Å². The summed E-state index contributed by atoms with van der Waals surface area (Å²) in [6.45, 7) is 0. The lowest BCUT2D eigenvalue weighted by molar-refractivity contribution is 0.0998. The van der Waals surface area contributed by atoms with Crippen molar-refractivity contribution in [1.82, 2.24) is 4.98 Å². The Morgan fingerprint density at radius 2 is 2.00 bits per heavy atom. The van der Waals surface area contributed by atoms with E-state index in [1.807, 2.05) is 24.3 Å². The van der Waals surface area contributed by atoms with Crippen LogP contribution in [0.2, 0.25) is 0 Å². The third-order valence-electron chi connectivity index (χ3n) is 2.61. The Morgan fingerprint density at radius 3 is 2.74 bits per heavy atom. The van der Waals surface area contributed by atoms with E-state index in [9.17, 15) is 4.79 Å². The number of amides is 1. The number of nitrogens with one attached hydrogen (secondary N) is 1. The topological polar surface area (TPSA) is 55.1 Å². The average Bonchev–Trinajstić information content (AvgIpc) is 2.85. The van der Waals surface area contributed by atoms with Crippen molar-refractivity contribution < 1.29 is 9.21 Å². The van der Waals surface area contributed by atoms with E-state index in [0.717, 1.165) is 4.47 Å². The van der Waals surface area contributed by atoms with E-state index in [1.54, 1.807) is 24.4 Å². The molecule has 0 spiro atoms. The summed E-state index contributed by atoms with van der Waals surface area (Å²) >= 11 is 3.34. The van der Waals surface area contributed by atoms with Crippen LogP contribution in [0.5, 0.6) is 0 Å². The van der Waals surface area contributed by atoms with Crippen molar-refractivity contribution in [3.8, 4) is 0 Å². The summed E-state index contributed by atoms with van der Waals surface area (Å²) in [6.07, 6.45) is 1.66. The van der Waals surface area contributed by atoms with Crippen molar-refractivity contribution in [2.45, 2.75) is 0 Å². The molecule has 0 unspecified atom stereocenters. The summed E-state index contributed by atoms with van der Waals surface area (Å²) in [5.74, 6) is -0.0445. The van der Waals surface area contributed by atoms with Crippen LogP contribution in [0, 0.1) is 0 Å². The van der Waals surface area contributed by atoms with Crippen molar-refractivity contribution in [2.24, 2.45) is 0 Å². The van der Waals surface area contributed by atoms with E-state index >= 15 is 0 Å². The number of anilines is 1. The van der Waals surface area contributed by atoms with Gasteiger partial charge in [0.25, 0.3) is 5.91 Å². The second kappa shape index (κ2) is 4.85. The van der Waals surface area contributed by atoms with Crippen LogP contribution in [0.15, 0.2) is 57.6 Å². The van der Waals surface area contributed by atoms with Gasteiger partial charge in [-0.05, 0) is 36.4 Å². The molecular formula is C14H9BrN2O2. The van der Waals surface area contributed by atoms with Crippen LogP contribution in [-0.4, -0.2) is 10.9 Å². The first-order valence-corrected chi connectivity index (χ1v) is 6.43. The molecule has 0 saturated heterocycles. The second-order valence-corrected chi connectivity index (χ2v) is 4.87. The minimum absolute atomic E-state index is 0.247. The van der Waals surface area contributed by atoms with Crippen LogP contribution in [-0.2, 0) is 0 Å². The van der Waals surface area contributed by atoms with E-state index in [2.05, 4.69) is 26.2 Å². The Hall–Kier alpha value is -2.14. The van der Waals surface area contributed by atoms with Gasteiger partial charge in [0, 0.05) is 22.4 Å². The zero-order valence-corrected chi connectivity index (χ0v) is 11.3. The van der Waals surface area contributed by atoms with Gasteiger partial charge in [-0.1, -0.05) is 15.9 Å². The third kappa shape index (κ3) is 2.51. The lowest BCUT2D eigenvalue weighted by atomic mass is 10.3. The van der Waals surface area contributed by atoms with Crippen LogP contribution in [0.1, 0.15) is 10.6 Å². The van der Waals surface area contributed by atoms with Crippen molar-refractivity contribution in [3.05, 3.63) is 58.9 Å². The maximum absolute atomic E-state index is 12.0. The van der Waals surface area contributed by atoms with Gasteiger partial charge in [0.1, 0.15) is 5.52 Å². The number of aromatic nitrogens is 1. The number of benzene rings is 1. The molecule has 2 heterocycles. The number of pyridine rings is 1. The van der Waals surface area contributed by atoms with Crippen LogP contribution in [0.4, 0.5) is 5.69 Å². The van der Waals surface area contributed by atoms with Gasteiger partial charge in [0.05, 0.1) is 0 Å². The number of hydrogen-bond donors (Lipinski definition) is 1. The van der Waals surface area contributed by atoms with Crippen LogP contribution >= 0.6 is 15.9 Å². The second-order valence-electron chi connectivity index (χ2n) is 3.96. The maximum atomic E-state index is 12.0. The fourth-order valence-corrected chi connectivity index (χ4v) is 1.97. The molecule has 5 heteroatoms. The quantitative estimate of drug-likeness (QED) is 0.781. The van der Waals surface area contributed by atoms with Gasteiger partial charge in [-0.2, -0.15) is 0 Å². The first kappa shape index (κ1) is 11.9. The van der Waals surface area contributed by atoms with Gasteiger partial charge in [0.15, 0.2) is 11.3 Å². The number of hydrogen-bond acceptors (Lipinski definition) is 3. The Balaban J connectivity index is 1.85. The maximum Gasteiger partial charge on any atom is 0.291 e. The number of carbonyl (C=O) groups is 1. The van der Waals surface area contributed by atoms with Crippen molar-refractivity contribution in [2.75, 3.05) is 5.32 Å². The van der Waals surface area contributed by atoms with E-state index in [4.69, 9.17) is 4.42 Å². The average molecular weight is 317 g/mol. The monoisotopic (exact) mass is 316 g/mol. The molecule has 4 nitrogen and oxygen atoms in total. The highest BCUT2D eigenvalue weighted by Gasteiger charge is 2.12. The lowest BCUT2D eigenvalue weighted by Crippen LogP contribution is -2.10. The van der Waals surface area contributed by atoms with Crippen molar-refractivity contribution in [3.63, 3.8) is 0 Å². The number of carbonyl (C=O) groups excluding carboxylic acids is 1. The number of furan rings is 1. The van der Waals surface area contributed by atoms with Crippen molar-refractivity contribution >= 4 is 38.6 Å². The lowest BCUT2D eigenvalue weighted by Gasteiger charge is -2.02. The first-order valence-electron chi connectivity index (χ1n) is 5.64. The smallest absolute Gasteiger partial charge is 0.291 e. The Morgan fingerprint density at radius 1 is 1.21 bits per heavy atom. The molecule has 2 aromatic heterocycles. The van der Waals surface area contributed by atoms with Crippen LogP contribution < -0.4 is 5.32 Å². The van der Waals surface area contributed by atoms with Gasteiger partial charge < -0.3 is 9.73 Å². The van der Waals surface area contributed by atoms with Crippen LogP contribution in [0.25, 0.3) is 11.1 Å². The number of rotatable bonds is 2. The molecule has 0 saturated carbocycles. The normalized spacial score (nSPS) is 10.6. The Kier molecular flexibility index (Phi) is 3.05. The molecule has 94 valence electrons. The van der Waals surface area contributed by atoms with E-state index in [-0.39, 0.29) is 11.7 Å². The molecule has 0 radical (unpaired) electrons. The highest BCUT2D eigenvalue weighted by molar-refractivity contribution is 9.10. The summed E-state index contributed by atoms with van der Waals surface area (Å²) in [4.78, 5) is 16.1. The largest absolute Gasteiger partial charge is 0.449 e. The van der Waals surface area contributed by atoms with Gasteiger partial charge >= 0.3 is 0 Å². The van der Waals surface area contributed by atoms with Gasteiger partial charge in [-0.15, -0.1) is 0 Å². The van der Waals surface area contributed by atoms with Crippen molar-refractivity contribution in [1.29, 1.82) is 0 Å². The predicted molar refractivity (Wildman–Crippen MR) is 76.1 cm³/mol. The Labute approximate surface area is 117 Å². The SMILES string of the molecule is O=C(Nc1ccc(Br)cc1)c1cc2ncccc2o1. The molecule has 0 aliphatic carbocycles. The van der Waals surface area contributed by atoms with E-state index in [1.165, 1.54) is 0 Å². The third-order valence-corrected chi connectivity index (χ3v) is 3.14. The molecule has 19 heavy (non-hydrogen) atoms. The molecule has 1 aromatic carbocycles. The predicted octanol–water partition coefficient (Wildman–Crippen LogP) is 3.84. The number of nitrogens with zero attached hydrogens (tertiary/aromatic N) is 1. The minimum atomic E-state index is -0.291. The summed E-state index contributed by atoms with van der Waals surface area (Å²) in [7, 11) is 0. The van der Waals surface area contributed by atoms with Gasteiger partial charge in [0.2, 0.25) is 0 Å². The zero-order valence-electron chi connectivity index (χ0n) is 9.76. The van der Waals surface area contributed by atoms with Gasteiger partial charge in [-0.3, -0.25) is 9.78 Å². The number of halogens is 1. The summed E-state index contributed by atoms with van der Waals surface area (Å²) in [6, 6.07) is 12.5. The Bertz CT molecular complexity index is 702. The highest BCUT2D eigenvalue weighted by Crippen LogP contribution is 2.19. The molecule has 0 atom stereocenters. The standard InChI is InChI=1S/C14H9BrN2O2/c15-9-3-5-10(6-4-9)17-14(18)13-8-11-12(19-13)2-1-7-16-11/h1-8H,(H,17,18). The first-order chi connectivity index (χ1) is 9.22. The minimum Gasteiger partial charge on any atom is -0.449 e. The van der Waals surface area contributed by atoms with E-state index in [0.29, 0.717) is 16.8 Å². The summed E-state index contributed by atoms with van der Waals surface area (Å²) < 4.78 is 6.40. The van der Waals surface area contributed by atoms with Crippen LogP contribution in [0.3, 0.4) is 0 Å². The summed E-state index contributed by atoms with van der Waals surface area (Å²) in [5, 5.41) is 2.77. The summed E-state index contributed by atoms with van der Waals surface area (Å²) in [5.41, 5.74) is 1.98. The van der Waals surface area contributed by atoms with E-state index < -0.39 is 0 Å². The molecule has 1 N–H and O–H groups in total.